The minimum atomic E-state index is -0.685. The number of rotatable bonds is 6. The van der Waals surface area contributed by atoms with E-state index in [4.69, 9.17) is 4.74 Å². The monoisotopic (exact) mass is 380 g/mol. The number of anilines is 1. The molecule has 0 saturated carbocycles. The van der Waals surface area contributed by atoms with Gasteiger partial charge in [0, 0.05) is 17.0 Å². The highest BCUT2D eigenvalue weighted by atomic mass is 32.1. The largest absolute Gasteiger partial charge is 0.497 e. The van der Waals surface area contributed by atoms with Crippen molar-refractivity contribution in [1.82, 2.24) is 4.98 Å². The standard InChI is InChI=1S/C22H24N2O2S/c1-15-14-23-21(27-15)24-20(25)22(2,3)19(16-8-6-5-7-9-16)17-10-12-18(26-4)13-11-17/h5-14,19H,1-4H3,(H,23,24,25)/t19-/m1/s1. The van der Waals surface area contributed by atoms with Crippen LogP contribution in [0.3, 0.4) is 0 Å². The molecule has 0 spiro atoms. The van der Waals surface area contributed by atoms with E-state index >= 15 is 0 Å². The van der Waals surface area contributed by atoms with Crippen LogP contribution in [0, 0.1) is 12.3 Å². The molecule has 0 radical (unpaired) electrons. The second kappa shape index (κ2) is 7.92. The Balaban J connectivity index is 1.98. The maximum absolute atomic E-state index is 13.2. The van der Waals surface area contributed by atoms with Crippen LogP contribution in [0.25, 0.3) is 0 Å². The van der Waals surface area contributed by atoms with E-state index in [1.165, 1.54) is 11.3 Å². The van der Waals surface area contributed by atoms with Gasteiger partial charge in [0.15, 0.2) is 5.13 Å². The van der Waals surface area contributed by atoms with Gasteiger partial charge >= 0.3 is 0 Å². The number of nitrogens with one attached hydrogen (secondary N) is 1. The maximum atomic E-state index is 13.2. The summed E-state index contributed by atoms with van der Waals surface area (Å²) in [6, 6.07) is 18.0. The molecule has 3 aromatic rings. The highest BCUT2D eigenvalue weighted by Crippen LogP contribution is 2.42. The zero-order valence-electron chi connectivity index (χ0n) is 16.0. The van der Waals surface area contributed by atoms with E-state index in [-0.39, 0.29) is 11.8 Å². The number of amides is 1. The summed E-state index contributed by atoms with van der Waals surface area (Å²) in [5, 5.41) is 3.62. The third kappa shape index (κ3) is 4.19. The Morgan fingerprint density at radius 3 is 2.26 bits per heavy atom. The van der Waals surface area contributed by atoms with Gasteiger partial charge in [-0.15, -0.1) is 11.3 Å². The number of hydrogen-bond donors (Lipinski definition) is 1. The fourth-order valence-electron chi connectivity index (χ4n) is 3.27. The van der Waals surface area contributed by atoms with Gasteiger partial charge in [0.05, 0.1) is 12.5 Å². The highest BCUT2D eigenvalue weighted by molar-refractivity contribution is 7.15. The molecule has 4 nitrogen and oxygen atoms in total. The zero-order valence-corrected chi connectivity index (χ0v) is 16.8. The minimum Gasteiger partial charge on any atom is -0.497 e. The predicted molar refractivity (Wildman–Crippen MR) is 111 cm³/mol. The Labute approximate surface area is 164 Å². The van der Waals surface area contributed by atoms with Crippen LogP contribution in [0.5, 0.6) is 5.75 Å². The molecule has 1 N–H and O–H groups in total. The molecule has 27 heavy (non-hydrogen) atoms. The summed E-state index contributed by atoms with van der Waals surface area (Å²) in [5.41, 5.74) is 1.48. The average Bonchev–Trinajstić information content (AvgIpc) is 3.08. The van der Waals surface area contributed by atoms with Crippen LogP contribution in [-0.2, 0) is 4.79 Å². The van der Waals surface area contributed by atoms with Gasteiger partial charge in [0.25, 0.3) is 0 Å². The molecule has 0 saturated heterocycles. The molecule has 0 aliphatic rings. The van der Waals surface area contributed by atoms with Crippen LogP contribution < -0.4 is 10.1 Å². The van der Waals surface area contributed by atoms with Crippen molar-refractivity contribution in [3.05, 3.63) is 76.8 Å². The number of aromatic nitrogens is 1. The molecular weight excluding hydrogens is 356 g/mol. The molecule has 0 aliphatic heterocycles. The summed E-state index contributed by atoms with van der Waals surface area (Å²) in [6.07, 6.45) is 1.77. The lowest BCUT2D eigenvalue weighted by Gasteiger charge is -2.33. The molecule has 0 unspecified atom stereocenters. The Kier molecular flexibility index (Phi) is 5.61. The topological polar surface area (TPSA) is 51.2 Å². The summed E-state index contributed by atoms with van der Waals surface area (Å²) in [6.45, 7) is 5.93. The van der Waals surface area contributed by atoms with Crippen molar-refractivity contribution in [2.75, 3.05) is 12.4 Å². The molecule has 1 heterocycles. The number of ether oxygens (including phenoxy) is 1. The van der Waals surface area contributed by atoms with Crippen LogP contribution in [0.15, 0.2) is 60.8 Å². The summed E-state index contributed by atoms with van der Waals surface area (Å²) in [4.78, 5) is 18.5. The summed E-state index contributed by atoms with van der Waals surface area (Å²) < 4.78 is 5.28. The molecular formula is C22H24N2O2S. The van der Waals surface area contributed by atoms with Crippen LogP contribution >= 0.6 is 11.3 Å². The molecule has 1 aromatic heterocycles. The van der Waals surface area contributed by atoms with Gasteiger partial charge in [-0.1, -0.05) is 56.3 Å². The molecule has 0 bridgehead atoms. The van der Waals surface area contributed by atoms with Crippen molar-refractivity contribution in [1.29, 1.82) is 0 Å². The quantitative estimate of drug-likeness (QED) is 0.635. The van der Waals surface area contributed by atoms with Crippen molar-refractivity contribution in [2.24, 2.45) is 5.41 Å². The fourth-order valence-corrected chi connectivity index (χ4v) is 3.93. The Morgan fingerprint density at radius 1 is 1.07 bits per heavy atom. The van der Waals surface area contributed by atoms with E-state index in [0.29, 0.717) is 5.13 Å². The fraction of sp³-hybridized carbons (Fsp3) is 0.273. The second-order valence-corrected chi connectivity index (χ2v) is 8.30. The van der Waals surface area contributed by atoms with E-state index in [2.05, 4.69) is 22.4 Å². The lowest BCUT2D eigenvalue weighted by Crippen LogP contribution is -2.37. The average molecular weight is 381 g/mol. The summed E-state index contributed by atoms with van der Waals surface area (Å²) in [7, 11) is 1.65. The first-order valence-corrected chi connectivity index (χ1v) is 9.66. The van der Waals surface area contributed by atoms with Crippen LogP contribution in [0.4, 0.5) is 5.13 Å². The lowest BCUT2D eigenvalue weighted by molar-refractivity contribution is -0.124. The summed E-state index contributed by atoms with van der Waals surface area (Å²) >= 11 is 1.48. The third-order valence-corrected chi connectivity index (χ3v) is 5.56. The summed E-state index contributed by atoms with van der Waals surface area (Å²) in [5.74, 6) is 0.637. The second-order valence-electron chi connectivity index (χ2n) is 7.07. The van der Waals surface area contributed by atoms with Gasteiger partial charge in [-0.3, -0.25) is 4.79 Å². The molecule has 1 amide bonds. The van der Waals surface area contributed by atoms with E-state index < -0.39 is 5.41 Å². The molecule has 0 fully saturated rings. The van der Waals surface area contributed by atoms with Crippen molar-refractivity contribution in [3.63, 3.8) is 0 Å². The van der Waals surface area contributed by atoms with Crippen LogP contribution in [0.2, 0.25) is 0 Å². The first kappa shape index (κ1) is 19.1. The Bertz CT molecular complexity index is 902. The van der Waals surface area contributed by atoms with Crippen molar-refractivity contribution in [2.45, 2.75) is 26.7 Å². The Hall–Kier alpha value is -2.66. The van der Waals surface area contributed by atoms with E-state index in [0.717, 1.165) is 21.8 Å². The number of aryl methyl sites for hydroxylation is 1. The Morgan fingerprint density at radius 2 is 1.70 bits per heavy atom. The molecule has 3 rings (SSSR count). The molecule has 0 aliphatic carbocycles. The highest BCUT2D eigenvalue weighted by Gasteiger charge is 2.39. The van der Waals surface area contributed by atoms with Crippen molar-refractivity contribution < 1.29 is 9.53 Å². The molecule has 1 atom stereocenters. The smallest absolute Gasteiger partial charge is 0.232 e. The van der Waals surface area contributed by atoms with Gasteiger partial charge in [0.2, 0.25) is 5.91 Å². The zero-order chi connectivity index (χ0) is 19.4. The van der Waals surface area contributed by atoms with Crippen molar-refractivity contribution >= 4 is 22.4 Å². The van der Waals surface area contributed by atoms with E-state index in [1.807, 2.05) is 63.2 Å². The number of hydrogen-bond acceptors (Lipinski definition) is 4. The minimum absolute atomic E-state index is 0.0541. The maximum Gasteiger partial charge on any atom is 0.232 e. The molecule has 5 heteroatoms. The van der Waals surface area contributed by atoms with Crippen LogP contribution in [-0.4, -0.2) is 18.0 Å². The van der Waals surface area contributed by atoms with Crippen LogP contribution in [0.1, 0.15) is 35.8 Å². The van der Waals surface area contributed by atoms with Gasteiger partial charge in [-0.05, 0) is 30.2 Å². The van der Waals surface area contributed by atoms with Gasteiger partial charge < -0.3 is 10.1 Å². The lowest BCUT2D eigenvalue weighted by atomic mass is 9.70. The number of benzene rings is 2. The predicted octanol–water partition coefficient (Wildman–Crippen LogP) is 5.26. The third-order valence-electron chi connectivity index (χ3n) is 4.73. The number of nitrogens with zero attached hydrogens (tertiary/aromatic N) is 1. The van der Waals surface area contributed by atoms with Gasteiger partial charge in [-0.25, -0.2) is 4.98 Å². The number of methoxy groups -OCH3 is 1. The SMILES string of the molecule is COc1ccc([C@@H](c2ccccc2)C(C)(C)C(=O)Nc2ncc(C)s2)cc1. The number of carbonyl (C=O) groups is 1. The first-order valence-electron chi connectivity index (χ1n) is 8.84. The number of carbonyl (C=O) groups excluding carboxylic acids is 1. The van der Waals surface area contributed by atoms with E-state index in [1.54, 1.807) is 13.3 Å². The number of thiazole rings is 1. The normalized spacial score (nSPS) is 12.4. The van der Waals surface area contributed by atoms with Gasteiger partial charge in [0.1, 0.15) is 5.75 Å². The first-order chi connectivity index (χ1) is 12.9. The van der Waals surface area contributed by atoms with Crippen molar-refractivity contribution in [3.8, 4) is 5.75 Å². The molecule has 140 valence electrons. The molecule has 2 aromatic carbocycles. The van der Waals surface area contributed by atoms with Gasteiger partial charge in [-0.2, -0.15) is 0 Å². The van der Waals surface area contributed by atoms with E-state index in [9.17, 15) is 4.79 Å².